The van der Waals surface area contributed by atoms with Crippen LogP contribution in [0.15, 0.2) is 35.2 Å². The highest BCUT2D eigenvalue weighted by molar-refractivity contribution is 7.07. The minimum absolute atomic E-state index is 0.00227. The first-order chi connectivity index (χ1) is 9.58. The van der Waals surface area contributed by atoms with E-state index in [9.17, 15) is 10.1 Å². The quantitative estimate of drug-likeness (QED) is 0.655. The van der Waals surface area contributed by atoms with Gasteiger partial charge in [-0.3, -0.25) is 10.1 Å². The number of nitrogens with one attached hydrogen (secondary N) is 1. The topological polar surface area (TPSA) is 71.3 Å². The Hall–Kier alpha value is -1.99. The van der Waals surface area contributed by atoms with E-state index in [1.54, 1.807) is 17.4 Å². The lowest BCUT2D eigenvalue weighted by atomic mass is 10.1. The molecule has 20 heavy (non-hydrogen) atoms. The number of hydrogen-bond donors (Lipinski definition) is 1. The molecule has 2 heterocycles. The number of nitrogens with zero attached hydrogens (tertiary/aromatic N) is 3. The van der Waals surface area contributed by atoms with E-state index >= 15 is 0 Å². The Morgan fingerprint density at radius 3 is 2.75 bits per heavy atom. The molecule has 0 saturated carbocycles. The van der Waals surface area contributed by atoms with E-state index in [1.165, 1.54) is 17.8 Å². The molecule has 106 valence electrons. The Morgan fingerprint density at radius 1 is 1.45 bits per heavy atom. The first kappa shape index (κ1) is 14.4. The van der Waals surface area contributed by atoms with Crippen LogP contribution in [0.2, 0.25) is 0 Å². The normalized spacial score (nSPS) is 12.3. The second-order valence-corrected chi connectivity index (χ2v) is 5.36. The highest BCUT2D eigenvalue weighted by Crippen LogP contribution is 2.21. The Morgan fingerprint density at radius 2 is 2.25 bits per heavy atom. The average molecular weight is 292 g/mol. The van der Waals surface area contributed by atoms with Crippen LogP contribution in [-0.2, 0) is 0 Å². The van der Waals surface area contributed by atoms with Crippen molar-refractivity contribution in [2.24, 2.45) is 0 Å². The number of hydrogen-bond acceptors (Lipinski definition) is 6. The third kappa shape index (κ3) is 3.52. The van der Waals surface area contributed by atoms with E-state index in [0.717, 1.165) is 0 Å². The van der Waals surface area contributed by atoms with Gasteiger partial charge in [-0.2, -0.15) is 11.3 Å². The van der Waals surface area contributed by atoms with Gasteiger partial charge in [0.1, 0.15) is 12.0 Å². The summed E-state index contributed by atoms with van der Waals surface area (Å²) in [6.07, 6.45) is 1.26. The zero-order chi connectivity index (χ0) is 14.5. The summed E-state index contributed by atoms with van der Waals surface area (Å²) in [7, 11) is 4.04. The van der Waals surface area contributed by atoms with E-state index in [-0.39, 0.29) is 11.7 Å². The lowest BCUT2D eigenvalue weighted by Crippen LogP contribution is -2.26. The zero-order valence-corrected chi connectivity index (χ0v) is 12.1. The van der Waals surface area contributed by atoms with Crippen molar-refractivity contribution in [3.05, 3.63) is 50.8 Å². The molecule has 2 aromatic heterocycles. The summed E-state index contributed by atoms with van der Waals surface area (Å²) in [5, 5.41) is 17.9. The minimum atomic E-state index is -0.454. The largest absolute Gasteiger partial charge is 0.368 e. The van der Waals surface area contributed by atoms with Crippen LogP contribution in [0.4, 0.5) is 11.5 Å². The maximum absolute atomic E-state index is 10.6. The third-order valence-electron chi connectivity index (χ3n) is 2.99. The fraction of sp³-hybridized carbons (Fsp3) is 0.308. The monoisotopic (exact) mass is 292 g/mol. The van der Waals surface area contributed by atoms with Crippen LogP contribution in [0.1, 0.15) is 11.6 Å². The summed E-state index contributed by atoms with van der Waals surface area (Å²) in [5.74, 6) is 0.637. The fourth-order valence-electron chi connectivity index (χ4n) is 1.86. The highest BCUT2D eigenvalue weighted by Gasteiger charge is 2.14. The summed E-state index contributed by atoms with van der Waals surface area (Å²) in [6.45, 7) is 0.689. The molecule has 1 N–H and O–H groups in total. The molecule has 0 fully saturated rings. The molecule has 0 unspecified atom stereocenters. The van der Waals surface area contributed by atoms with Crippen molar-refractivity contribution in [1.82, 2.24) is 9.88 Å². The van der Waals surface area contributed by atoms with Crippen LogP contribution in [0.5, 0.6) is 0 Å². The van der Waals surface area contributed by atoms with Gasteiger partial charge in [0, 0.05) is 12.6 Å². The molecule has 0 amide bonds. The van der Waals surface area contributed by atoms with Crippen LogP contribution in [0.25, 0.3) is 0 Å². The molecule has 7 heteroatoms. The second kappa shape index (κ2) is 6.44. The van der Waals surface area contributed by atoms with Gasteiger partial charge >= 0.3 is 0 Å². The van der Waals surface area contributed by atoms with Crippen LogP contribution in [-0.4, -0.2) is 35.4 Å². The molecule has 0 bridgehead atoms. The molecule has 6 nitrogen and oxygen atoms in total. The Labute approximate surface area is 121 Å². The summed E-state index contributed by atoms with van der Waals surface area (Å²) in [6, 6.07) is 5.40. The lowest BCUT2D eigenvalue weighted by Gasteiger charge is -2.24. The molecule has 0 radical (unpaired) electrons. The first-order valence-electron chi connectivity index (χ1n) is 6.11. The van der Waals surface area contributed by atoms with Crippen LogP contribution in [0.3, 0.4) is 0 Å². The molecular weight excluding hydrogens is 276 g/mol. The van der Waals surface area contributed by atoms with E-state index < -0.39 is 4.92 Å². The standard InChI is InChI=1S/C13H16N4O2S/c1-16(2)12(10-5-6-20-9-10)8-15-13-4-3-11(7-14-13)17(18)19/h3-7,9,12H,8H2,1-2H3,(H,14,15)/t12-/m0/s1. The Balaban J connectivity index is 2.01. The van der Waals surface area contributed by atoms with Gasteiger partial charge < -0.3 is 10.2 Å². The highest BCUT2D eigenvalue weighted by atomic mass is 32.1. The molecule has 0 spiro atoms. The third-order valence-corrected chi connectivity index (χ3v) is 3.69. The second-order valence-electron chi connectivity index (χ2n) is 4.58. The number of nitro groups is 1. The molecule has 0 aliphatic rings. The number of likely N-dealkylation sites (N-methyl/N-ethyl adjacent to an activating group) is 1. The van der Waals surface area contributed by atoms with Gasteiger partial charge in [-0.25, -0.2) is 4.98 Å². The molecule has 0 saturated heterocycles. The molecule has 2 aromatic rings. The molecule has 2 rings (SSSR count). The van der Waals surface area contributed by atoms with Gasteiger partial charge in [-0.05, 0) is 42.6 Å². The summed E-state index contributed by atoms with van der Waals surface area (Å²) >= 11 is 1.67. The van der Waals surface area contributed by atoms with Gasteiger partial charge in [0.25, 0.3) is 5.69 Å². The van der Waals surface area contributed by atoms with Crippen LogP contribution >= 0.6 is 11.3 Å². The van der Waals surface area contributed by atoms with Crippen molar-refractivity contribution in [3.63, 3.8) is 0 Å². The number of rotatable bonds is 6. The summed E-state index contributed by atoms with van der Waals surface area (Å²) in [5.41, 5.74) is 1.24. The van der Waals surface area contributed by atoms with Crippen molar-refractivity contribution < 1.29 is 4.92 Å². The molecule has 1 atom stereocenters. The SMILES string of the molecule is CN(C)[C@@H](CNc1ccc([N+](=O)[O-])cn1)c1ccsc1. The average Bonchev–Trinajstić information content (AvgIpc) is 2.93. The van der Waals surface area contributed by atoms with E-state index in [0.29, 0.717) is 12.4 Å². The molecule has 0 aliphatic heterocycles. The van der Waals surface area contributed by atoms with Gasteiger partial charge in [0.15, 0.2) is 0 Å². The minimum Gasteiger partial charge on any atom is -0.368 e. The Bertz CT molecular complexity index is 554. The van der Waals surface area contributed by atoms with Crippen molar-refractivity contribution in [2.75, 3.05) is 26.0 Å². The maximum atomic E-state index is 10.6. The van der Waals surface area contributed by atoms with E-state index in [2.05, 4.69) is 32.0 Å². The fourth-order valence-corrected chi connectivity index (χ4v) is 2.57. The van der Waals surface area contributed by atoms with E-state index in [1.807, 2.05) is 14.1 Å². The summed E-state index contributed by atoms with van der Waals surface area (Å²) in [4.78, 5) is 16.3. The van der Waals surface area contributed by atoms with Gasteiger partial charge in [0.05, 0.1) is 11.0 Å². The van der Waals surface area contributed by atoms with Crippen molar-refractivity contribution in [2.45, 2.75) is 6.04 Å². The Kier molecular flexibility index (Phi) is 4.65. The number of anilines is 1. The van der Waals surface area contributed by atoms with Crippen molar-refractivity contribution >= 4 is 22.8 Å². The maximum Gasteiger partial charge on any atom is 0.287 e. The molecular formula is C13H16N4O2S. The number of pyridine rings is 1. The van der Waals surface area contributed by atoms with Gasteiger partial charge in [0.2, 0.25) is 0 Å². The first-order valence-corrected chi connectivity index (χ1v) is 7.05. The molecule has 0 aromatic carbocycles. The molecule has 0 aliphatic carbocycles. The number of aromatic nitrogens is 1. The number of thiophene rings is 1. The zero-order valence-electron chi connectivity index (χ0n) is 11.3. The predicted molar refractivity (Wildman–Crippen MR) is 80.1 cm³/mol. The van der Waals surface area contributed by atoms with Gasteiger partial charge in [-0.15, -0.1) is 0 Å². The smallest absolute Gasteiger partial charge is 0.287 e. The van der Waals surface area contributed by atoms with Crippen LogP contribution < -0.4 is 5.32 Å². The van der Waals surface area contributed by atoms with Crippen LogP contribution in [0, 0.1) is 10.1 Å². The summed E-state index contributed by atoms with van der Waals surface area (Å²) < 4.78 is 0. The lowest BCUT2D eigenvalue weighted by molar-refractivity contribution is -0.385. The van der Waals surface area contributed by atoms with Gasteiger partial charge in [-0.1, -0.05) is 0 Å². The van der Waals surface area contributed by atoms with E-state index in [4.69, 9.17) is 0 Å². The predicted octanol–water partition coefficient (Wildman–Crippen LogP) is 2.77. The van der Waals surface area contributed by atoms with Crippen molar-refractivity contribution in [3.8, 4) is 0 Å². The van der Waals surface area contributed by atoms with Crippen molar-refractivity contribution in [1.29, 1.82) is 0 Å².